The number of para-hydroxylation sites is 1. The monoisotopic (exact) mass is 256 g/mol. The third-order valence-electron chi connectivity index (χ3n) is 3.13. The van der Waals surface area contributed by atoms with Gasteiger partial charge in [-0.3, -0.25) is 0 Å². The summed E-state index contributed by atoms with van der Waals surface area (Å²) >= 11 is 0. The smallest absolute Gasteiger partial charge is 0.123 e. The van der Waals surface area contributed by atoms with Crippen LogP contribution in [-0.4, -0.2) is 14.2 Å². The number of ether oxygens (including phenoxy) is 1. The molecule has 2 aromatic rings. The predicted molar refractivity (Wildman–Crippen MR) is 80.7 cm³/mol. The molecule has 0 saturated carbocycles. The zero-order valence-corrected chi connectivity index (χ0v) is 11.7. The van der Waals surface area contributed by atoms with E-state index in [4.69, 9.17) is 10.5 Å². The van der Waals surface area contributed by atoms with Crippen molar-refractivity contribution in [3.8, 4) is 5.75 Å². The van der Waals surface area contributed by atoms with E-state index in [1.807, 2.05) is 30.3 Å². The Morgan fingerprint density at radius 1 is 1.16 bits per heavy atom. The number of aryl methyl sites for hydroxylation is 1. The Morgan fingerprint density at radius 3 is 2.58 bits per heavy atom. The molecule has 2 rings (SSSR count). The highest BCUT2D eigenvalue weighted by atomic mass is 16.5. The predicted octanol–water partition coefficient (Wildman–Crippen LogP) is 3.22. The Balaban J connectivity index is 2.22. The average molecular weight is 256 g/mol. The summed E-state index contributed by atoms with van der Waals surface area (Å²) in [5.41, 5.74) is 10.1. The molecule has 0 unspecified atom stereocenters. The van der Waals surface area contributed by atoms with Crippen LogP contribution in [0.15, 0.2) is 42.5 Å². The Morgan fingerprint density at radius 2 is 1.89 bits per heavy atom. The first-order valence-corrected chi connectivity index (χ1v) is 6.30. The quantitative estimate of drug-likeness (QED) is 0.854. The first kappa shape index (κ1) is 13.3. The Bertz CT molecular complexity index is 546. The fourth-order valence-electron chi connectivity index (χ4n) is 2.19. The van der Waals surface area contributed by atoms with E-state index in [9.17, 15) is 0 Å². The number of anilines is 2. The number of rotatable bonds is 4. The summed E-state index contributed by atoms with van der Waals surface area (Å²) in [4.78, 5) is 2.17. The lowest BCUT2D eigenvalue weighted by Crippen LogP contribution is -2.17. The van der Waals surface area contributed by atoms with Crippen LogP contribution in [0.2, 0.25) is 0 Å². The molecule has 0 aliphatic carbocycles. The number of nitrogens with two attached hydrogens (primary N) is 1. The van der Waals surface area contributed by atoms with Gasteiger partial charge in [0.2, 0.25) is 0 Å². The minimum Gasteiger partial charge on any atom is -0.496 e. The molecule has 0 saturated heterocycles. The van der Waals surface area contributed by atoms with E-state index in [0.29, 0.717) is 0 Å². The molecular weight excluding hydrogens is 236 g/mol. The van der Waals surface area contributed by atoms with Gasteiger partial charge in [0.25, 0.3) is 0 Å². The topological polar surface area (TPSA) is 38.5 Å². The van der Waals surface area contributed by atoms with Crippen molar-refractivity contribution >= 4 is 11.4 Å². The fourth-order valence-corrected chi connectivity index (χ4v) is 2.19. The molecule has 0 aliphatic rings. The number of benzene rings is 2. The summed E-state index contributed by atoms with van der Waals surface area (Å²) in [6, 6.07) is 14.2. The van der Waals surface area contributed by atoms with Crippen molar-refractivity contribution in [2.75, 3.05) is 24.8 Å². The molecule has 3 heteroatoms. The number of hydrogen-bond donors (Lipinski definition) is 1. The lowest BCUT2D eigenvalue weighted by molar-refractivity contribution is 0.409. The second kappa shape index (κ2) is 5.65. The van der Waals surface area contributed by atoms with E-state index in [2.05, 4.69) is 31.0 Å². The lowest BCUT2D eigenvalue weighted by atomic mass is 10.1. The highest BCUT2D eigenvalue weighted by Crippen LogP contribution is 2.24. The van der Waals surface area contributed by atoms with Gasteiger partial charge >= 0.3 is 0 Å². The molecular formula is C16H20N2O. The lowest BCUT2D eigenvalue weighted by Gasteiger charge is -2.21. The van der Waals surface area contributed by atoms with E-state index in [1.165, 1.54) is 5.56 Å². The SMILES string of the molecule is COc1ccccc1CN(C)c1cc(C)cc(N)c1. The summed E-state index contributed by atoms with van der Waals surface area (Å²) < 4.78 is 5.38. The molecule has 0 aliphatic heterocycles. The van der Waals surface area contributed by atoms with Crippen molar-refractivity contribution in [3.63, 3.8) is 0 Å². The zero-order valence-electron chi connectivity index (χ0n) is 11.7. The molecule has 2 N–H and O–H groups in total. The molecule has 19 heavy (non-hydrogen) atoms. The molecule has 0 heterocycles. The maximum Gasteiger partial charge on any atom is 0.123 e. The molecule has 0 aromatic heterocycles. The van der Waals surface area contributed by atoms with Crippen LogP contribution in [0.3, 0.4) is 0 Å². The Labute approximate surface area is 114 Å². The largest absolute Gasteiger partial charge is 0.496 e. The molecule has 0 bridgehead atoms. The molecule has 0 amide bonds. The number of methoxy groups -OCH3 is 1. The van der Waals surface area contributed by atoms with E-state index in [-0.39, 0.29) is 0 Å². The van der Waals surface area contributed by atoms with Crippen molar-refractivity contribution in [3.05, 3.63) is 53.6 Å². The summed E-state index contributed by atoms with van der Waals surface area (Å²) in [5.74, 6) is 0.912. The number of nitrogens with zero attached hydrogens (tertiary/aromatic N) is 1. The third kappa shape index (κ3) is 3.19. The first-order chi connectivity index (χ1) is 9.10. The van der Waals surface area contributed by atoms with Crippen molar-refractivity contribution in [1.82, 2.24) is 0 Å². The van der Waals surface area contributed by atoms with E-state index < -0.39 is 0 Å². The molecule has 0 fully saturated rings. The molecule has 2 aromatic carbocycles. The fraction of sp³-hybridized carbons (Fsp3) is 0.250. The molecule has 0 spiro atoms. The normalized spacial score (nSPS) is 10.3. The van der Waals surface area contributed by atoms with Crippen LogP contribution in [0.25, 0.3) is 0 Å². The van der Waals surface area contributed by atoms with Crippen molar-refractivity contribution in [2.24, 2.45) is 0 Å². The van der Waals surface area contributed by atoms with Gasteiger partial charge in [0, 0.05) is 30.5 Å². The van der Waals surface area contributed by atoms with Crippen LogP contribution in [0.5, 0.6) is 5.75 Å². The summed E-state index contributed by atoms with van der Waals surface area (Å²) in [6.45, 7) is 2.84. The summed E-state index contributed by atoms with van der Waals surface area (Å²) in [5, 5.41) is 0. The summed E-state index contributed by atoms with van der Waals surface area (Å²) in [7, 11) is 3.75. The van der Waals surface area contributed by atoms with Gasteiger partial charge in [-0.2, -0.15) is 0 Å². The first-order valence-electron chi connectivity index (χ1n) is 6.30. The van der Waals surface area contributed by atoms with Crippen LogP contribution >= 0.6 is 0 Å². The zero-order chi connectivity index (χ0) is 13.8. The van der Waals surface area contributed by atoms with Gasteiger partial charge in [0.05, 0.1) is 7.11 Å². The van der Waals surface area contributed by atoms with Gasteiger partial charge in [-0.1, -0.05) is 18.2 Å². The number of hydrogen-bond acceptors (Lipinski definition) is 3. The Kier molecular flexibility index (Phi) is 3.95. The molecule has 3 nitrogen and oxygen atoms in total. The second-order valence-electron chi connectivity index (χ2n) is 4.77. The van der Waals surface area contributed by atoms with Gasteiger partial charge in [-0.05, 0) is 36.8 Å². The van der Waals surface area contributed by atoms with Crippen molar-refractivity contribution in [1.29, 1.82) is 0 Å². The van der Waals surface area contributed by atoms with E-state index in [1.54, 1.807) is 7.11 Å². The van der Waals surface area contributed by atoms with E-state index >= 15 is 0 Å². The van der Waals surface area contributed by atoms with Gasteiger partial charge < -0.3 is 15.4 Å². The minimum atomic E-state index is 0.785. The number of nitrogen functional groups attached to an aromatic ring is 1. The van der Waals surface area contributed by atoms with Gasteiger partial charge in [0.15, 0.2) is 0 Å². The molecule has 0 atom stereocenters. The van der Waals surface area contributed by atoms with Crippen LogP contribution in [-0.2, 0) is 6.54 Å². The van der Waals surface area contributed by atoms with Crippen LogP contribution in [0.1, 0.15) is 11.1 Å². The van der Waals surface area contributed by atoms with E-state index in [0.717, 1.165) is 29.2 Å². The van der Waals surface area contributed by atoms with Crippen LogP contribution in [0, 0.1) is 6.92 Å². The minimum absolute atomic E-state index is 0.785. The highest BCUT2D eigenvalue weighted by Gasteiger charge is 2.07. The van der Waals surface area contributed by atoms with Crippen molar-refractivity contribution in [2.45, 2.75) is 13.5 Å². The van der Waals surface area contributed by atoms with Gasteiger partial charge in [-0.25, -0.2) is 0 Å². The van der Waals surface area contributed by atoms with Gasteiger partial charge in [0.1, 0.15) is 5.75 Å². The molecule has 0 radical (unpaired) electrons. The van der Waals surface area contributed by atoms with Crippen LogP contribution < -0.4 is 15.4 Å². The van der Waals surface area contributed by atoms with Crippen LogP contribution in [0.4, 0.5) is 11.4 Å². The Hall–Kier alpha value is -2.16. The third-order valence-corrected chi connectivity index (χ3v) is 3.13. The average Bonchev–Trinajstić information content (AvgIpc) is 2.38. The van der Waals surface area contributed by atoms with Crippen molar-refractivity contribution < 1.29 is 4.74 Å². The second-order valence-corrected chi connectivity index (χ2v) is 4.77. The maximum absolute atomic E-state index is 5.90. The standard InChI is InChI=1S/C16H20N2O/c1-12-8-14(17)10-15(9-12)18(2)11-13-6-4-5-7-16(13)19-3/h4-10H,11,17H2,1-3H3. The summed E-state index contributed by atoms with van der Waals surface area (Å²) in [6.07, 6.45) is 0. The van der Waals surface area contributed by atoms with Gasteiger partial charge in [-0.15, -0.1) is 0 Å². The molecule has 100 valence electrons. The maximum atomic E-state index is 5.90. The highest BCUT2D eigenvalue weighted by molar-refractivity contribution is 5.58.